The average Bonchev–Trinajstić information content (AvgIpc) is 2.73. The molecule has 0 atom stereocenters. The van der Waals surface area contributed by atoms with Crippen molar-refractivity contribution in [2.24, 2.45) is 0 Å². The zero-order valence-electron chi connectivity index (χ0n) is 17.5. The van der Waals surface area contributed by atoms with Crippen LogP contribution in [0.3, 0.4) is 0 Å². The summed E-state index contributed by atoms with van der Waals surface area (Å²) >= 11 is 0. The zero-order chi connectivity index (χ0) is 23.2. The van der Waals surface area contributed by atoms with E-state index in [0.717, 1.165) is 10.6 Å². The van der Waals surface area contributed by atoms with Crippen LogP contribution >= 0.6 is 0 Å². The van der Waals surface area contributed by atoms with Crippen molar-refractivity contribution in [3.8, 4) is 11.5 Å². The van der Waals surface area contributed by atoms with E-state index in [4.69, 9.17) is 14.2 Å². The molecule has 168 valence electrons. The molecule has 0 aliphatic rings. The first-order valence-corrected chi connectivity index (χ1v) is 10.8. The molecule has 0 saturated carbocycles. The van der Waals surface area contributed by atoms with Gasteiger partial charge in [-0.1, -0.05) is 12.1 Å². The Balaban J connectivity index is 2.29. The van der Waals surface area contributed by atoms with Crippen molar-refractivity contribution in [3.63, 3.8) is 0 Å². The fourth-order valence-electron chi connectivity index (χ4n) is 2.70. The smallest absolute Gasteiger partial charge is 0.340 e. The Bertz CT molecular complexity index is 1060. The molecule has 0 unspecified atom stereocenters. The van der Waals surface area contributed by atoms with Gasteiger partial charge in [0.15, 0.2) is 11.5 Å². The van der Waals surface area contributed by atoms with Crippen LogP contribution in [0.5, 0.6) is 11.5 Å². The Morgan fingerprint density at radius 3 is 2.13 bits per heavy atom. The molecule has 0 spiro atoms. The first-order chi connectivity index (χ1) is 14.6. The maximum atomic E-state index is 13.1. The quantitative estimate of drug-likeness (QED) is 0.577. The van der Waals surface area contributed by atoms with Crippen molar-refractivity contribution in [2.75, 3.05) is 39.4 Å². The highest BCUT2D eigenvalue weighted by atomic mass is 32.2. The number of hydrogen-bond acceptors (Lipinski definition) is 7. The Labute approximate surface area is 179 Å². The molecule has 0 aliphatic heterocycles. The van der Waals surface area contributed by atoms with Crippen LogP contribution in [-0.4, -0.2) is 58.7 Å². The predicted octanol–water partition coefficient (Wildman–Crippen LogP) is 2.03. The summed E-state index contributed by atoms with van der Waals surface area (Å²) in [5.74, 6) is -1.41. The lowest BCUT2D eigenvalue weighted by atomic mass is 10.1. The van der Waals surface area contributed by atoms with Crippen molar-refractivity contribution in [3.05, 3.63) is 53.3 Å². The Hall–Kier alpha value is -3.18. The van der Waals surface area contributed by atoms with Gasteiger partial charge in [-0.3, -0.25) is 4.79 Å². The first kappa shape index (κ1) is 24.1. The number of benzene rings is 2. The number of carbonyl (C=O) groups is 2. The van der Waals surface area contributed by atoms with Gasteiger partial charge in [-0.25, -0.2) is 17.6 Å². The van der Waals surface area contributed by atoms with Crippen LogP contribution in [-0.2, 0) is 26.1 Å². The van der Waals surface area contributed by atoms with Crippen molar-refractivity contribution in [1.29, 1.82) is 0 Å². The van der Waals surface area contributed by atoms with E-state index in [1.165, 1.54) is 57.7 Å². The van der Waals surface area contributed by atoms with Gasteiger partial charge in [0.1, 0.15) is 5.82 Å². The molecule has 1 N–H and O–H groups in total. The minimum atomic E-state index is -3.77. The minimum Gasteiger partial charge on any atom is -0.493 e. The van der Waals surface area contributed by atoms with Gasteiger partial charge in [-0.15, -0.1) is 0 Å². The van der Waals surface area contributed by atoms with E-state index >= 15 is 0 Å². The number of methoxy groups -OCH3 is 3. The number of amides is 1. The van der Waals surface area contributed by atoms with Gasteiger partial charge < -0.3 is 19.5 Å². The van der Waals surface area contributed by atoms with Gasteiger partial charge in [0, 0.05) is 18.7 Å². The largest absolute Gasteiger partial charge is 0.493 e. The third-order valence-corrected chi connectivity index (χ3v) is 5.46. The van der Waals surface area contributed by atoms with Crippen molar-refractivity contribution >= 4 is 27.6 Å². The molecule has 0 aromatic heterocycles. The Morgan fingerprint density at radius 1 is 1.03 bits per heavy atom. The summed E-state index contributed by atoms with van der Waals surface area (Å²) in [7, 11) is 0.176. The highest BCUT2D eigenvalue weighted by Crippen LogP contribution is 2.33. The van der Waals surface area contributed by atoms with E-state index in [0.29, 0.717) is 5.56 Å². The van der Waals surface area contributed by atoms with Crippen LogP contribution in [0.4, 0.5) is 10.1 Å². The third-order valence-electron chi connectivity index (χ3n) is 4.26. The zero-order valence-corrected chi connectivity index (χ0v) is 18.3. The molecule has 0 fully saturated rings. The van der Waals surface area contributed by atoms with Gasteiger partial charge in [0.2, 0.25) is 15.9 Å². The molecule has 2 aromatic rings. The number of hydrogen-bond donors (Lipinski definition) is 1. The van der Waals surface area contributed by atoms with Crippen LogP contribution in [0, 0.1) is 5.82 Å². The van der Waals surface area contributed by atoms with E-state index in [-0.39, 0.29) is 29.3 Å². The topological polar surface area (TPSA) is 111 Å². The maximum Gasteiger partial charge on any atom is 0.340 e. The van der Waals surface area contributed by atoms with Crippen LogP contribution in [0.1, 0.15) is 15.9 Å². The Kier molecular flexibility index (Phi) is 7.95. The molecular weight excluding hydrogens is 431 g/mol. The van der Waals surface area contributed by atoms with Crippen LogP contribution in [0.25, 0.3) is 0 Å². The SMILES string of the molecule is COC(=O)c1cc(OC)c(OC)cc1NC(=O)CN(Cc1ccc(F)cc1)S(C)(=O)=O. The van der Waals surface area contributed by atoms with E-state index in [1.54, 1.807) is 0 Å². The van der Waals surface area contributed by atoms with E-state index in [9.17, 15) is 22.4 Å². The molecule has 0 bridgehead atoms. The summed E-state index contributed by atoms with van der Waals surface area (Å²) in [4.78, 5) is 24.8. The second-order valence-corrected chi connectivity index (χ2v) is 8.43. The Morgan fingerprint density at radius 2 is 1.61 bits per heavy atom. The fourth-order valence-corrected chi connectivity index (χ4v) is 3.43. The number of carbonyl (C=O) groups excluding carboxylic acids is 2. The normalized spacial score (nSPS) is 11.2. The number of nitrogens with zero attached hydrogens (tertiary/aromatic N) is 1. The summed E-state index contributed by atoms with van der Waals surface area (Å²) in [6, 6.07) is 7.95. The summed E-state index contributed by atoms with van der Waals surface area (Å²) in [6.45, 7) is -0.673. The van der Waals surface area contributed by atoms with Crippen molar-refractivity contribution < 1.29 is 36.6 Å². The molecule has 2 aromatic carbocycles. The van der Waals surface area contributed by atoms with E-state index in [2.05, 4.69) is 5.32 Å². The average molecular weight is 454 g/mol. The lowest BCUT2D eigenvalue weighted by molar-refractivity contribution is -0.116. The number of ether oxygens (including phenoxy) is 3. The lowest BCUT2D eigenvalue weighted by Gasteiger charge is -2.20. The number of nitrogens with one attached hydrogen (secondary N) is 1. The monoisotopic (exact) mass is 454 g/mol. The standard InChI is InChI=1S/C20H23FN2O7S/c1-28-17-9-15(20(25)30-3)16(10-18(17)29-2)22-19(24)12-23(31(4,26)27)11-13-5-7-14(21)8-6-13/h5-10H,11-12H2,1-4H3,(H,22,24). The molecule has 0 heterocycles. The highest BCUT2D eigenvalue weighted by Gasteiger charge is 2.23. The fraction of sp³-hybridized carbons (Fsp3) is 0.300. The van der Waals surface area contributed by atoms with E-state index in [1.807, 2.05) is 0 Å². The molecule has 9 nitrogen and oxygen atoms in total. The molecule has 1 amide bonds. The number of rotatable bonds is 9. The number of halogens is 1. The summed E-state index contributed by atoms with van der Waals surface area (Å²) < 4.78 is 53.4. The molecule has 11 heteroatoms. The molecule has 0 saturated heterocycles. The lowest BCUT2D eigenvalue weighted by Crippen LogP contribution is -2.37. The minimum absolute atomic E-state index is 0.00191. The molecule has 31 heavy (non-hydrogen) atoms. The van der Waals surface area contributed by atoms with Gasteiger partial charge in [0.05, 0.1) is 45.4 Å². The summed E-state index contributed by atoms with van der Waals surface area (Å²) in [5, 5.41) is 2.51. The van der Waals surface area contributed by atoms with Crippen LogP contribution in [0.15, 0.2) is 36.4 Å². The molecule has 0 radical (unpaired) electrons. The van der Waals surface area contributed by atoms with Gasteiger partial charge in [-0.2, -0.15) is 4.31 Å². The molecule has 2 rings (SSSR count). The predicted molar refractivity (Wildman–Crippen MR) is 111 cm³/mol. The summed E-state index contributed by atoms with van der Waals surface area (Å²) in [6.07, 6.45) is 0.958. The van der Waals surface area contributed by atoms with Gasteiger partial charge >= 0.3 is 5.97 Å². The summed E-state index contributed by atoms with van der Waals surface area (Å²) in [5.41, 5.74) is 0.559. The van der Waals surface area contributed by atoms with Gasteiger partial charge in [-0.05, 0) is 17.7 Å². The van der Waals surface area contributed by atoms with Crippen LogP contribution < -0.4 is 14.8 Å². The third kappa shape index (κ3) is 6.40. The van der Waals surface area contributed by atoms with Crippen molar-refractivity contribution in [1.82, 2.24) is 4.31 Å². The van der Waals surface area contributed by atoms with Crippen LogP contribution in [0.2, 0.25) is 0 Å². The van der Waals surface area contributed by atoms with E-state index < -0.39 is 34.3 Å². The second-order valence-electron chi connectivity index (χ2n) is 6.45. The maximum absolute atomic E-state index is 13.1. The molecular formula is C20H23FN2O7S. The van der Waals surface area contributed by atoms with Crippen molar-refractivity contribution in [2.45, 2.75) is 6.54 Å². The number of esters is 1. The molecule has 0 aliphatic carbocycles. The highest BCUT2D eigenvalue weighted by molar-refractivity contribution is 7.88. The second kappa shape index (κ2) is 10.2. The number of sulfonamides is 1. The first-order valence-electron chi connectivity index (χ1n) is 8.92. The number of anilines is 1. The van der Waals surface area contributed by atoms with Gasteiger partial charge in [0.25, 0.3) is 0 Å².